The molecule has 1 unspecified atom stereocenters. The van der Waals surface area contributed by atoms with Crippen LogP contribution in [-0.4, -0.2) is 134 Å². The van der Waals surface area contributed by atoms with Crippen LogP contribution in [0.1, 0.15) is 251 Å². The SMILES string of the molecule is CCCOC(=O)c1ccc2c(C3CCCCC3)c3n(c2c1)CCCN1CC(CN(C)CC)c2cccc-3c21.CCCOC(=O)c1ccc2c(C3CCCCC3)c3n(c2c1)CCCn1cc(CN(C)CC)c2cccc-3c21.CCN(C)Cc1cn2c3c(cccc13)-c1c(C3CCCCC3)c3ccc(C(=O)O)cc3n1CCC2. The second-order valence-corrected chi connectivity index (χ2v) is 33.6. The van der Waals surface area contributed by atoms with Crippen LogP contribution in [0.25, 0.3) is 88.3 Å². The van der Waals surface area contributed by atoms with E-state index in [1.807, 2.05) is 32.0 Å². The van der Waals surface area contributed by atoms with Crippen LogP contribution < -0.4 is 4.90 Å². The van der Waals surface area contributed by atoms with Crippen molar-refractivity contribution in [2.45, 2.75) is 233 Å². The van der Waals surface area contributed by atoms with Crippen molar-refractivity contribution in [3.63, 3.8) is 0 Å². The van der Waals surface area contributed by atoms with Gasteiger partial charge in [-0.1, -0.05) is 165 Å². The Labute approximate surface area is 657 Å². The lowest BCUT2D eigenvalue weighted by molar-refractivity contribution is 0.0496. The molecule has 3 fully saturated rings. The molecule has 7 aliphatic rings. The lowest BCUT2D eigenvalue weighted by Crippen LogP contribution is -2.30. The van der Waals surface area contributed by atoms with E-state index in [0.29, 0.717) is 53.6 Å². The van der Waals surface area contributed by atoms with E-state index in [1.165, 1.54) is 218 Å². The van der Waals surface area contributed by atoms with Gasteiger partial charge in [-0.2, -0.15) is 0 Å². The van der Waals surface area contributed by atoms with Gasteiger partial charge in [-0.3, -0.25) is 0 Å². The van der Waals surface area contributed by atoms with Crippen LogP contribution >= 0.6 is 0 Å². The van der Waals surface area contributed by atoms with E-state index in [1.54, 1.807) is 6.07 Å². The summed E-state index contributed by atoms with van der Waals surface area (Å²) in [6, 6.07) is 39.2. The average Bonchev–Trinajstić information content (AvgIpc) is 1.58. The number of fused-ring (bicyclic) bond motifs is 12. The van der Waals surface area contributed by atoms with Crippen LogP contribution in [0.2, 0.25) is 0 Å². The van der Waals surface area contributed by atoms with E-state index < -0.39 is 5.97 Å². The Kier molecular flexibility index (Phi) is 22.9. The van der Waals surface area contributed by atoms with Gasteiger partial charge in [0.2, 0.25) is 0 Å². The van der Waals surface area contributed by atoms with Gasteiger partial charge >= 0.3 is 17.9 Å². The van der Waals surface area contributed by atoms with Gasteiger partial charge in [-0.25, -0.2) is 14.4 Å². The summed E-state index contributed by atoms with van der Waals surface area (Å²) in [5.41, 5.74) is 26.3. The van der Waals surface area contributed by atoms with E-state index in [4.69, 9.17) is 9.47 Å². The van der Waals surface area contributed by atoms with Crippen molar-refractivity contribution < 1.29 is 29.0 Å². The normalized spacial score (nSPS) is 17.4. The van der Waals surface area contributed by atoms with Gasteiger partial charge in [0.15, 0.2) is 0 Å². The second kappa shape index (κ2) is 33.4. The van der Waals surface area contributed by atoms with Crippen LogP contribution in [0.15, 0.2) is 122 Å². The largest absolute Gasteiger partial charge is 0.478 e. The van der Waals surface area contributed by atoms with E-state index in [2.05, 4.69) is 182 Å². The molecule has 0 amide bonds. The molecule has 9 heterocycles. The average molecular weight is 1500 g/mol. The third-order valence-corrected chi connectivity index (χ3v) is 26.3. The molecule has 0 radical (unpaired) electrons. The number of para-hydroxylation sites is 3. The zero-order chi connectivity index (χ0) is 76.6. The number of aryl methyl sites for hydroxylation is 5. The van der Waals surface area contributed by atoms with Gasteiger partial charge in [-0.05, 0) is 199 Å². The van der Waals surface area contributed by atoms with Crippen LogP contribution in [-0.2, 0) is 55.3 Å². The molecule has 111 heavy (non-hydrogen) atoms. The summed E-state index contributed by atoms with van der Waals surface area (Å²) in [7, 11) is 6.63. The number of nitrogens with zero attached hydrogens (tertiary/aromatic N) is 9. The van der Waals surface area contributed by atoms with E-state index in [0.717, 1.165) is 123 Å². The predicted octanol–water partition coefficient (Wildman–Crippen LogP) is 21.8. The molecule has 11 aromatic rings. The summed E-state index contributed by atoms with van der Waals surface area (Å²) in [5.74, 6) is 0.940. The minimum atomic E-state index is -0.854. The molecule has 0 bridgehead atoms. The number of aromatic nitrogens is 5. The molecule has 0 spiro atoms. The van der Waals surface area contributed by atoms with Gasteiger partial charge in [-0.15, -0.1) is 0 Å². The number of carboxylic acids is 1. The Balaban J connectivity index is 0.000000126. The first-order valence-electron chi connectivity index (χ1n) is 43.0. The van der Waals surface area contributed by atoms with Gasteiger partial charge in [0.1, 0.15) is 0 Å². The molecule has 584 valence electrons. The minimum Gasteiger partial charge on any atom is -0.478 e. The molecule has 6 aromatic carbocycles. The molecule has 5 aromatic heterocycles. The topological polar surface area (TPSA) is 128 Å². The zero-order valence-corrected chi connectivity index (χ0v) is 67.6. The molecule has 18 rings (SSSR count). The van der Waals surface area contributed by atoms with E-state index in [-0.39, 0.29) is 11.9 Å². The maximum Gasteiger partial charge on any atom is 0.338 e. The fourth-order valence-corrected chi connectivity index (χ4v) is 20.7. The van der Waals surface area contributed by atoms with Crippen molar-refractivity contribution >= 4 is 78.1 Å². The number of carbonyl (C=O) groups excluding carboxylic acids is 2. The highest BCUT2D eigenvalue weighted by Gasteiger charge is 2.38. The Morgan fingerprint density at radius 1 is 0.432 bits per heavy atom. The molecule has 15 heteroatoms. The molecule has 1 N–H and O–H groups in total. The first kappa shape index (κ1) is 76.1. The fourth-order valence-electron chi connectivity index (χ4n) is 20.7. The number of carbonyl (C=O) groups is 3. The number of benzene rings is 6. The van der Waals surface area contributed by atoms with Crippen molar-refractivity contribution in [1.82, 2.24) is 37.5 Å². The number of aromatic carboxylic acids is 1. The van der Waals surface area contributed by atoms with Crippen molar-refractivity contribution in [1.29, 1.82) is 0 Å². The molecular weight excluding hydrogens is 1380 g/mol. The summed E-state index contributed by atoms with van der Waals surface area (Å²) >= 11 is 0. The van der Waals surface area contributed by atoms with Gasteiger partial charge in [0, 0.05) is 150 Å². The fraction of sp³-hybridized carbons (Fsp3) is 0.490. The number of anilines is 1. The second-order valence-electron chi connectivity index (χ2n) is 33.6. The molecule has 3 aliphatic carbocycles. The van der Waals surface area contributed by atoms with E-state index in [9.17, 15) is 19.5 Å². The van der Waals surface area contributed by atoms with Gasteiger partial charge in [0.05, 0.1) is 58.0 Å². The van der Waals surface area contributed by atoms with E-state index >= 15 is 0 Å². The van der Waals surface area contributed by atoms with Gasteiger partial charge < -0.3 is 57.0 Å². The van der Waals surface area contributed by atoms with Crippen LogP contribution in [0.3, 0.4) is 0 Å². The number of carboxylic acid groups (broad SMARTS) is 1. The smallest absolute Gasteiger partial charge is 0.338 e. The number of likely N-dealkylation sites (N-methyl/N-ethyl adjacent to an activating group) is 1. The quantitative estimate of drug-likeness (QED) is 0.0782. The molecular formula is C96H119N9O6. The third-order valence-electron chi connectivity index (χ3n) is 26.3. The maximum atomic E-state index is 12.8. The summed E-state index contributed by atoms with van der Waals surface area (Å²) in [6.45, 7) is 24.8. The Morgan fingerprint density at radius 3 is 1.25 bits per heavy atom. The first-order chi connectivity index (χ1) is 54.3. The summed E-state index contributed by atoms with van der Waals surface area (Å²) in [5, 5.41) is 16.4. The molecule has 3 saturated carbocycles. The molecule has 1 atom stereocenters. The molecule has 4 aliphatic heterocycles. The number of rotatable bonds is 19. The van der Waals surface area contributed by atoms with Crippen LogP contribution in [0, 0.1) is 0 Å². The first-order valence-corrected chi connectivity index (χ1v) is 43.0. The third kappa shape index (κ3) is 14.7. The predicted molar refractivity (Wildman–Crippen MR) is 455 cm³/mol. The number of ether oxygens (including phenoxy) is 2. The van der Waals surface area contributed by atoms with Crippen molar-refractivity contribution in [3.05, 3.63) is 172 Å². The highest BCUT2D eigenvalue weighted by Crippen LogP contribution is 2.53. The van der Waals surface area contributed by atoms with Crippen LogP contribution in [0.5, 0.6) is 0 Å². The van der Waals surface area contributed by atoms with Crippen LogP contribution in [0.4, 0.5) is 5.69 Å². The summed E-state index contributed by atoms with van der Waals surface area (Å²) in [6.07, 6.45) is 28.9. The Bertz CT molecular complexity index is 5230. The summed E-state index contributed by atoms with van der Waals surface area (Å²) < 4.78 is 23.6. The molecule has 0 saturated heterocycles. The highest BCUT2D eigenvalue weighted by molar-refractivity contribution is 6.06. The minimum absolute atomic E-state index is 0.205. The highest BCUT2D eigenvalue weighted by atomic mass is 16.5. The zero-order valence-electron chi connectivity index (χ0n) is 67.6. The van der Waals surface area contributed by atoms with Crippen molar-refractivity contribution in [2.75, 3.05) is 78.5 Å². The Morgan fingerprint density at radius 2 is 0.829 bits per heavy atom. The lowest BCUT2D eigenvalue weighted by atomic mass is 9.81. The number of esters is 2. The van der Waals surface area contributed by atoms with Gasteiger partial charge in [0.25, 0.3) is 0 Å². The number of hydrogen-bond donors (Lipinski definition) is 1. The van der Waals surface area contributed by atoms with Crippen molar-refractivity contribution in [2.24, 2.45) is 0 Å². The van der Waals surface area contributed by atoms with Crippen molar-refractivity contribution in [3.8, 4) is 33.8 Å². The summed E-state index contributed by atoms with van der Waals surface area (Å²) in [4.78, 5) is 47.4. The Hall–Kier alpha value is -8.89. The maximum absolute atomic E-state index is 12.8. The monoisotopic (exact) mass is 1490 g/mol. The molecule has 15 nitrogen and oxygen atoms in total. The lowest BCUT2D eigenvalue weighted by Gasteiger charge is -2.29. The standard InChI is InChI=1S/C33H43N3O2.C33H41N3O2.C30H35N3O2/c2*1-4-19-38-33(37)24-15-16-27-29(20-24)36-18-10-17-35-22-25(21-34(3)5-2)26-13-9-14-28(31(26)35)32(36)30(27)23-11-7-6-8-12-23;1-3-31(2)18-22-19-32-15-8-16-33-26-17-21(30(34)35)13-14-24(26)27(20-9-5-4-6-10-20)29(33)25-12-7-11-23(22)28(25)32/h9,13-16,20,23,25H,4-8,10-12,17-19,21-22H2,1-3H3;9,13-16,20,22-23H,4-8,10-12,17-19,21H2,1-3H3;7,11-14,17,19-20H,3-6,8-10,15-16,18H2,1-2H3,(H,34,35). The number of hydrogen-bond acceptors (Lipinski definition) is 9.